The first kappa shape index (κ1) is 17.3. The van der Waals surface area contributed by atoms with Crippen molar-refractivity contribution < 1.29 is 14.7 Å². The second-order valence-corrected chi connectivity index (χ2v) is 5.86. The Hall–Kier alpha value is -1.77. The van der Waals surface area contributed by atoms with Gasteiger partial charge in [0.2, 0.25) is 0 Å². The lowest BCUT2D eigenvalue weighted by Crippen LogP contribution is -2.53. The van der Waals surface area contributed by atoms with Crippen molar-refractivity contribution >= 4 is 12.0 Å². The Morgan fingerprint density at radius 3 is 2.43 bits per heavy atom. The molecule has 0 aromatic carbocycles. The first-order valence-electron chi connectivity index (χ1n) is 7.64. The van der Waals surface area contributed by atoms with Crippen LogP contribution in [0.3, 0.4) is 0 Å². The van der Waals surface area contributed by atoms with E-state index in [1.165, 1.54) is 4.90 Å². The molecule has 0 spiro atoms. The minimum atomic E-state index is -0.973. The van der Waals surface area contributed by atoms with E-state index in [9.17, 15) is 14.7 Å². The number of nitrogens with zero attached hydrogens (tertiary/aromatic N) is 2. The predicted octanol–water partition coefficient (Wildman–Crippen LogP) is 2.35. The van der Waals surface area contributed by atoms with E-state index in [4.69, 9.17) is 5.26 Å². The fourth-order valence-electron chi connectivity index (χ4n) is 2.83. The van der Waals surface area contributed by atoms with Crippen LogP contribution >= 0.6 is 0 Å². The molecular weight excluding hydrogens is 270 g/mol. The zero-order valence-electron chi connectivity index (χ0n) is 12.8. The highest BCUT2D eigenvalue weighted by atomic mass is 16.4. The molecular formula is C15H25N3O3. The second-order valence-electron chi connectivity index (χ2n) is 5.86. The van der Waals surface area contributed by atoms with Crippen LogP contribution in [0, 0.1) is 17.2 Å². The van der Waals surface area contributed by atoms with Crippen molar-refractivity contribution in [3.8, 4) is 6.07 Å². The SMILES string of the molecule is CC(C)N(CCC#N)C(=O)NC(C(=O)O)C1CCCCC1. The smallest absolute Gasteiger partial charge is 0.326 e. The molecule has 1 aliphatic carbocycles. The summed E-state index contributed by atoms with van der Waals surface area (Å²) in [7, 11) is 0. The molecule has 21 heavy (non-hydrogen) atoms. The van der Waals surface area contributed by atoms with Gasteiger partial charge in [0.25, 0.3) is 0 Å². The number of nitrogens with one attached hydrogen (secondary N) is 1. The maximum absolute atomic E-state index is 12.3. The summed E-state index contributed by atoms with van der Waals surface area (Å²) in [6.45, 7) is 4.03. The molecule has 1 atom stereocenters. The van der Waals surface area contributed by atoms with Gasteiger partial charge < -0.3 is 15.3 Å². The number of hydrogen-bond acceptors (Lipinski definition) is 3. The van der Waals surface area contributed by atoms with Crippen LogP contribution in [-0.2, 0) is 4.79 Å². The van der Waals surface area contributed by atoms with Crippen LogP contribution in [0.15, 0.2) is 0 Å². The Balaban J connectivity index is 2.69. The van der Waals surface area contributed by atoms with E-state index in [0.717, 1.165) is 32.1 Å². The number of rotatable bonds is 6. The molecule has 2 amide bonds. The number of carboxylic acids is 1. The molecule has 1 unspecified atom stereocenters. The van der Waals surface area contributed by atoms with E-state index in [0.29, 0.717) is 6.54 Å². The molecule has 1 saturated carbocycles. The number of nitriles is 1. The van der Waals surface area contributed by atoms with E-state index in [1.807, 2.05) is 19.9 Å². The largest absolute Gasteiger partial charge is 0.480 e. The molecule has 1 rings (SSSR count). The predicted molar refractivity (Wildman–Crippen MR) is 78.6 cm³/mol. The number of carboxylic acid groups (broad SMARTS) is 1. The molecule has 2 N–H and O–H groups in total. The van der Waals surface area contributed by atoms with E-state index in [-0.39, 0.29) is 18.4 Å². The molecule has 0 aromatic rings. The molecule has 0 aromatic heterocycles. The number of aliphatic carboxylic acids is 1. The molecule has 0 radical (unpaired) electrons. The third kappa shape index (κ3) is 5.25. The Morgan fingerprint density at radius 1 is 1.33 bits per heavy atom. The minimum absolute atomic E-state index is 0.00480. The van der Waals surface area contributed by atoms with Crippen LogP contribution in [0.2, 0.25) is 0 Å². The summed E-state index contributed by atoms with van der Waals surface area (Å²) in [6, 6.07) is 0.716. The average molecular weight is 295 g/mol. The van der Waals surface area contributed by atoms with Gasteiger partial charge in [-0.05, 0) is 32.6 Å². The van der Waals surface area contributed by atoms with Crippen LogP contribution in [0.5, 0.6) is 0 Å². The molecule has 0 bridgehead atoms. The van der Waals surface area contributed by atoms with Gasteiger partial charge in [0, 0.05) is 12.6 Å². The highest BCUT2D eigenvalue weighted by Gasteiger charge is 2.32. The molecule has 118 valence electrons. The molecule has 1 fully saturated rings. The molecule has 0 heterocycles. The summed E-state index contributed by atoms with van der Waals surface area (Å²) < 4.78 is 0. The van der Waals surface area contributed by atoms with E-state index >= 15 is 0 Å². The zero-order chi connectivity index (χ0) is 15.8. The summed E-state index contributed by atoms with van der Waals surface area (Å²) in [4.78, 5) is 25.3. The summed E-state index contributed by atoms with van der Waals surface area (Å²) >= 11 is 0. The monoisotopic (exact) mass is 295 g/mol. The van der Waals surface area contributed by atoms with Gasteiger partial charge in [0.1, 0.15) is 6.04 Å². The number of amides is 2. The van der Waals surface area contributed by atoms with Crippen molar-refractivity contribution in [2.24, 2.45) is 5.92 Å². The standard InChI is InChI=1S/C15H25N3O3/c1-11(2)18(10-6-9-16)15(21)17-13(14(19)20)12-7-4-3-5-8-12/h11-13H,3-8,10H2,1-2H3,(H,17,21)(H,19,20). The number of urea groups is 1. The summed E-state index contributed by atoms with van der Waals surface area (Å²) in [6.07, 6.45) is 5.11. The van der Waals surface area contributed by atoms with Crippen LogP contribution in [-0.4, -0.2) is 40.6 Å². The Morgan fingerprint density at radius 2 is 1.95 bits per heavy atom. The third-order valence-electron chi connectivity index (χ3n) is 4.01. The van der Waals surface area contributed by atoms with E-state index < -0.39 is 18.0 Å². The number of hydrogen-bond donors (Lipinski definition) is 2. The van der Waals surface area contributed by atoms with Crippen LogP contribution < -0.4 is 5.32 Å². The van der Waals surface area contributed by atoms with Gasteiger partial charge in [0.15, 0.2) is 0 Å². The lowest BCUT2D eigenvalue weighted by atomic mass is 9.84. The van der Waals surface area contributed by atoms with Crippen molar-refractivity contribution in [2.75, 3.05) is 6.54 Å². The fraction of sp³-hybridized carbons (Fsp3) is 0.800. The Labute approximate surface area is 126 Å². The normalized spacial score (nSPS) is 17.0. The molecule has 6 nitrogen and oxygen atoms in total. The van der Waals surface area contributed by atoms with Gasteiger partial charge in [0.05, 0.1) is 12.5 Å². The molecule has 0 saturated heterocycles. The summed E-state index contributed by atoms with van der Waals surface area (Å²) in [5, 5.41) is 20.7. The van der Waals surface area contributed by atoms with Crippen molar-refractivity contribution in [1.82, 2.24) is 10.2 Å². The lowest BCUT2D eigenvalue weighted by molar-refractivity contribution is -0.141. The first-order valence-corrected chi connectivity index (χ1v) is 7.64. The van der Waals surface area contributed by atoms with Gasteiger partial charge in [-0.2, -0.15) is 5.26 Å². The van der Waals surface area contributed by atoms with Crippen molar-refractivity contribution in [2.45, 2.75) is 64.5 Å². The number of carbonyl (C=O) groups excluding carboxylic acids is 1. The van der Waals surface area contributed by atoms with Gasteiger partial charge in [-0.15, -0.1) is 0 Å². The first-order chi connectivity index (χ1) is 9.97. The van der Waals surface area contributed by atoms with E-state index in [1.54, 1.807) is 0 Å². The third-order valence-corrected chi connectivity index (χ3v) is 4.01. The van der Waals surface area contributed by atoms with E-state index in [2.05, 4.69) is 5.32 Å². The van der Waals surface area contributed by atoms with Gasteiger partial charge >= 0.3 is 12.0 Å². The fourth-order valence-corrected chi connectivity index (χ4v) is 2.83. The van der Waals surface area contributed by atoms with Crippen LogP contribution in [0.1, 0.15) is 52.4 Å². The molecule has 6 heteroatoms. The minimum Gasteiger partial charge on any atom is -0.480 e. The molecule has 0 aliphatic heterocycles. The van der Waals surface area contributed by atoms with Crippen molar-refractivity contribution in [3.05, 3.63) is 0 Å². The van der Waals surface area contributed by atoms with Crippen LogP contribution in [0.25, 0.3) is 0 Å². The highest BCUT2D eigenvalue weighted by molar-refractivity contribution is 5.83. The Kier molecular flexibility index (Phi) is 7.00. The summed E-state index contributed by atoms with van der Waals surface area (Å²) in [5.41, 5.74) is 0. The number of carbonyl (C=O) groups is 2. The maximum Gasteiger partial charge on any atom is 0.326 e. The second kappa shape index (κ2) is 8.50. The Bertz CT molecular complexity index is 397. The quantitative estimate of drug-likeness (QED) is 0.786. The topological polar surface area (TPSA) is 93.4 Å². The zero-order valence-corrected chi connectivity index (χ0v) is 12.8. The van der Waals surface area contributed by atoms with Gasteiger partial charge in [-0.25, -0.2) is 9.59 Å². The van der Waals surface area contributed by atoms with Gasteiger partial charge in [-0.3, -0.25) is 0 Å². The van der Waals surface area contributed by atoms with Crippen LogP contribution in [0.4, 0.5) is 4.79 Å². The van der Waals surface area contributed by atoms with Crippen molar-refractivity contribution in [1.29, 1.82) is 5.26 Å². The lowest BCUT2D eigenvalue weighted by Gasteiger charge is -2.32. The van der Waals surface area contributed by atoms with Crippen molar-refractivity contribution in [3.63, 3.8) is 0 Å². The summed E-state index contributed by atoms with van der Waals surface area (Å²) in [5.74, 6) is -0.968. The van der Waals surface area contributed by atoms with Gasteiger partial charge in [-0.1, -0.05) is 19.3 Å². The average Bonchev–Trinajstić information content (AvgIpc) is 2.45. The molecule has 1 aliphatic rings. The maximum atomic E-state index is 12.3. The highest BCUT2D eigenvalue weighted by Crippen LogP contribution is 2.26.